The maximum atomic E-state index is 9.44. The van der Waals surface area contributed by atoms with Gasteiger partial charge in [0, 0.05) is 27.8 Å². The molecule has 68 valence electrons. The zero-order valence-electron chi connectivity index (χ0n) is 7.08. The summed E-state index contributed by atoms with van der Waals surface area (Å²) >= 11 is 3.34. The van der Waals surface area contributed by atoms with Gasteiger partial charge in [0.25, 0.3) is 0 Å². The summed E-state index contributed by atoms with van der Waals surface area (Å²) in [5.74, 6) is 0. The average Bonchev–Trinajstić information content (AvgIpc) is 2.46. The van der Waals surface area contributed by atoms with E-state index in [-0.39, 0.29) is 0 Å². The minimum atomic E-state index is -0.468. The molecule has 0 aliphatic heterocycles. The van der Waals surface area contributed by atoms with E-state index < -0.39 is 6.10 Å². The molecule has 0 aliphatic rings. The molecule has 0 aromatic carbocycles. The van der Waals surface area contributed by atoms with Crippen molar-refractivity contribution in [3.63, 3.8) is 0 Å². The molecule has 0 fully saturated rings. The van der Waals surface area contributed by atoms with E-state index in [9.17, 15) is 5.11 Å². The quantitative estimate of drug-likeness (QED) is 0.805. The van der Waals surface area contributed by atoms with Crippen LogP contribution in [0.4, 0.5) is 0 Å². The SMILES string of the molecule is C[C@H](O)c1c[nH]c2ncc(Br)cc12. The van der Waals surface area contributed by atoms with E-state index in [4.69, 9.17) is 0 Å². The highest BCUT2D eigenvalue weighted by Crippen LogP contribution is 2.24. The van der Waals surface area contributed by atoms with Crippen molar-refractivity contribution in [1.82, 2.24) is 9.97 Å². The molecule has 0 bridgehead atoms. The van der Waals surface area contributed by atoms with Crippen molar-refractivity contribution in [3.05, 3.63) is 28.5 Å². The molecule has 0 radical (unpaired) electrons. The Morgan fingerprint density at radius 2 is 2.38 bits per heavy atom. The van der Waals surface area contributed by atoms with E-state index in [1.165, 1.54) is 0 Å². The number of halogens is 1. The molecule has 2 aromatic heterocycles. The van der Waals surface area contributed by atoms with Crippen LogP contribution in [0.5, 0.6) is 0 Å². The molecule has 0 saturated carbocycles. The summed E-state index contributed by atoms with van der Waals surface area (Å²) in [6.45, 7) is 1.74. The summed E-state index contributed by atoms with van der Waals surface area (Å²) in [6, 6.07) is 1.95. The van der Waals surface area contributed by atoms with E-state index in [0.717, 1.165) is 21.1 Å². The van der Waals surface area contributed by atoms with Gasteiger partial charge in [0.2, 0.25) is 0 Å². The van der Waals surface area contributed by atoms with Crippen LogP contribution in [0.3, 0.4) is 0 Å². The minimum absolute atomic E-state index is 0.468. The van der Waals surface area contributed by atoms with E-state index in [0.29, 0.717) is 0 Å². The number of rotatable bonds is 1. The Morgan fingerprint density at radius 3 is 3.08 bits per heavy atom. The number of hydrogen-bond acceptors (Lipinski definition) is 2. The lowest BCUT2D eigenvalue weighted by molar-refractivity contribution is 0.201. The van der Waals surface area contributed by atoms with Gasteiger partial charge >= 0.3 is 0 Å². The highest BCUT2D eigenvalue weighted by atomic mass is 79.9. The van der Waals surface area contributed by atoms with Crippen LogP contribution in [-0.2, 0) is 0 Å². The molecule has 4 heteroatoms. The van der Waals surface area contributed by atoms with Crippen molar-refractivity contribution >= 4 is 27.0 Å². The fourth-order valence-electron chi connectivity index (χ4n) is 1.34. The molecule has 0 spiro atoms. The second-order valence-corrected chi connectivity index (χ2v) is 3.89. The van der Waals surface area contributed by atoms with Gasteiger partial charge in [-0.25, -0.2) is 4.98 Å². The highest BCUT2D eigenvalue weighted by molar-refractivity contribution is 9.10. The molecule has 13 heavy (non-hydrogen) atoms. The third-order valence-electron chi connectivity index (χ3n) is 1.98. The molecule has 2 N–H and O–H groups in total. The van der Waals surface area contributed by atoms with Gasteiger partial charge < -0.3 is 10.1 Å². The van der Waals surface area contributed by atoms with Crippen LogP contribution < -0.4 is 0 Å². The van der Waals surface area contributed by atoms with Crippen LogP contribution in [0.25, 0.3) is 11.0 Å². The normalized spacial score (nSPS) is 13.5. The standard InChI is InChI=1S/C9H9BrN2O/c1-5(13)8-4-12-9-7(8)2-6(10)3-11-9/h2-5,13H,1H3,(H,11,12)/t5-/m0/s1. The van der Waals surface area contributed by atoms with Crippen molar-refractivity contribution in [3.8, 4) is 0 Å². The van der Waals surface area contributed by atoms with E-state index in [1.807, 2.05) is 6.07 Å². The molecule has 0 amide bonds. The maximum Gasteiger partial charge on any atom is 0.137 e. The van der Waals surface area contributed by atoms with E-state index in [1.54, 1.807) is 19.3 Å². The molecule has 2 rings (SSSR count). The van der Waals surface area contributed by atoms with Gasteiger partial charge in [-0.15, -0.1) is 0 Å². The van der Waals surface area contributed by atoms with Crippen LogP contribution in [0.2, 0.25) is 0 Å². The largest absolute Gasteiger partial charge is 0.389 e. The number of aliphatic hydroxyl groups excluding tert-OH is 1. The number of aromatic amines is 1. The first kappa shape index (κ1) is 8.72. The predicted molar refractivity (Wildman–Crippen MR) is 54.4 cm³/mol. The molecule has 0 aliphatic carbocycles. The van der Waals surface area contributed by atoms with Crippen molar-refractivity contribution in [2.45, 2.75) is 13.0 Å². The highest BCUT2D eigenvalue weighted by Gasteiger charge is 2.08. The summed E-state index contributed by atoms with van der Waals surface area (Å²) < 4.78 is 0.918. The second kappa shape index (κ2) is 3.12. The molecule has 2 aromatic rings. The van der Waals surface area contributed by atoms with Gasteiger partial charge in [-0.3, -0.25) is 0 Å². The molecular weight excluding hydrogens is 232 g/mol. The summed E-state index contributed by atoms with van der Waals surface area (Å²) in [6.07, 6.45) is 3.05. The minimum Gasteiger partial charge on any atom is -0.389 e. The van der Waals surface area contributed by atoms with Gasteiger partial charge in [0.05, 0.1) is 6.10 Å². The Bertz CT molecular complexity index is 436. The topological polar surface area (TPSA) is 48.9 Å². The number of H-pyrrole nitrogens is 1. The van der Waals surface area contributed by atoms with Crippen molar-refractivity contribution in [2.24, 2.45) is 0 Å². The average molecular weight is 241 g/mol. The molecule has 0 saturated heterocycles. The first-order valence-corrected chi connectivity index (χ1v) is 4.78. The zero-order valence-corrected chi connectivity index (χ0v) is 8.67. The Balaban J connectivity index is 2.71. The van der Waals surface area contributed by atoms with Crippen LogP contribution in [0.1, 0.15) is 18.6 Å². The molecule has 1 atom stereocenters. The number of hydrogen-bond donors (Lipinski definition) is 2. The lowest BCUT2D eigenvalue weighted by atomic mass is 10.1. The number of aromatic nitrogens is 2. The number of nitrogens with one attached hydrogen (secondary N) is 1. The summed E-state index contributed by atoms with van der Waals surface area (Å²) in [5, 5.41) is 10.4. The van der Waals surface area contributed by atoms with Crippen molar-refractivity contribution in [2.75, 3.05) is 0 Å². The maximum absolute atomic E-state index is 9.44. The van der Waals surface area contributed by atoms with Gasteiger partial charge in [0.15, 0.2) is 0 Å². The predicted octanol–water partition coefficient (Wildman–Crippen LogP) is 2.38. The van der Waals surface area contributed by atoms with E-state index >= 15 is 0 Å². The zero-order chi connectivity index (χ0) is 9.42. The van der Waals surface area contributed by atoms with Gasteiger partial charge in [-0.2, -0.15) is 0 Å². The first-order valence-electron chi connectivity index (χ1n) is 3.99. The smallest absolute Gasteiger partial charge is 0.137 e. The molecule has 2 heterocycles. The Labute approximate surface area is 83.9 Å². The molecule has 0 unspecified atom stereocenters. The number of nitrogens with zero attached hydrogens (tertiary/aromatic N) is 1. The monoisotopic (exact) mass is 240 g/mol. The third-order valence-corrected chi connectivity index (χ3v) is 2.41. The lowest BCUT2D eigenvalue weighted by Crippen LogP contribution is -1.88. The van der Waals surface area contributed by atoms with Crippen LogP contribution in [-0.4, -0.2) is 15.1 Å². The van der Waals surface area contributed by atoms with Crippen LogP contribution in [0, 0.1) is 0 Å². The van der Waals surface area contributed by atoms with Crippen LogP contribution in [0.15, 0.2) is 22.9 Å². The summed E-state index contributed by atoms with van der Waals surface area (Å²) in [7, 11) is 0. The van der Waals surface area contributed by atoms with E-state index in [2.05, 4.69) is 25.9 Å². The molecule has 3 nitrogen and oxygen atoms in total. The number of fused-ring (bicyclic) bond motifs is 1. The Kier molecular flexibility index (Phi) is 2.09. The van der Waals surface area contributed by atoms with Gasteiger partial charge in [0.1, 0.15) is 5.65 Å². The molecular formula is C9H9BrN2O. The van der Waals surface area contributed by atoms with Gasteiger partial charge in [-0.05, 0) is 28.9 Å². The van der Waals surface area contributed by atoms with Crippen LogP contribution >= 0.6 is 15.9 Å². The number of pyridine rings is 1. The Hall–Kier alpha value is -0.870. The van der Waals surface area contributed by atoms with Gasteiger partial charge in [-0.1, -0.05) is 0 Å². The summed E-state index contributed by atoms with van der Waals surface area (Å²) in [4.78, 5) is 7.18. The third kappa shape index (κ3) is 1.47. The lowest BCUT2D eigenvalue weighted by Gasteiger charge is -2.00. The van der Waals surface area contributed by atoms with Crippen molar-refractivity contribution in [1.29, 1.82) is 0 Å². The summed E-state index contributed by atoms with van der Waals surface area (Å²) in [5.41, 5.74) is 1.68. The Morgan fingerprint density at radius 1 is 1.62 bits per heavy atom. The second-order valence-electron chi connectivity index (χ2n) is 2.97. The fourth-order valence-corrected chi connectivity index (χ4v) is 1.68. The first-order chi connectivity index (χ1) is 6.18. The van der Waals surface area contributed by atoms with Crippen molar-refractivity contribution < 1.29 is 5.11 Å². The fraction of sp³-hybridized carbons (Fsp3) is 0.222. The number of aliphatic hydroxyl groups is 1.